The highest BCUT2D eigenvalue weighted by Crippen LogP contribution is 2.31. The SMILES string of the molecule is CCOC(=O)C(C)(C)Oc1cccc(CCCn2nc(C3CCCC3)c(=O)n(CNCC(=O)C(F)(F)F)c2=O)c1. The topological polar surface area (TPSA) is 122 Å². The first-order valence-corrected chi connectivity index (χ1v) is 13.3. The van der Waals surface area contributed by atoms with Gasteiger partial charge in [-0.15, -0.1) is 0 Å². The van der Waals surface area contributed by atoms with Crippen molar-refractivity contribution in [3.63, 3.8) is 0 Å². The maximum Gasteiger partial charge on any atom is 0.451 e. The second-order valence-electron chi connectivity index (χ2n) is 10.2. The first kappa shape index (κ1) is 31.1. The molecule has 0 radical (unpaired) electrons. The molecule has 0 bridgehead atoms. The Hall–Kier alpha value is -3.48. The molecule has 10 nitrogen and oxygen atoms in total. The van der Waals surface area contributed by atoms with E-state index in [0.29, 0.717) is 18.6 Å². The highest BCUT2D eigenvalue weighted by Gasteiger charge is 2.37. The molecule has 1 fully saturated rings. The molecule has 1 saturated carbocycles. The molecule has 3 rings (SSSR count). The number of nitrogens with one attached hydrogen (secondary N) is 1. The number of carbonyl (C=O) groups excluding carboxylic acids is 2. The standard InChI is InChI=1S/C27H35F3N4O6/c1-4-39-24(37)26(2,3)40-20-13-7-9-18(15-20)10-8-14-34-25(38)33(17-31-16-21(35)27(28,29)30)23(36)22(32-34)19-11-5-6-12-19/h7,9,13,15,19,31H,4-6,8,10-12,14,16-17H2,1-3H3. The predicted molar refractivity (Wildman–Crippen MR) is 139 cm³/mol. The minimum absolute atomic E-state index is 0.140. The van der Waals surface area contributed by atoms with Gasteiger partial charge in [-0.25, -0.2) is 18.8 Å². The average molecular weight is 569 g/mol. The van der Waals surface area contributed by atoms with Crippen molar-refractivity contribution < 1.29 is 32.2 Å². The number of benzene rings is 1. The average Bonchev–Trinajstić information content (AvgIpc) is 3.41. The Labute approximate surface area is 229 Å². The van der Waals surface area contributed by atoms with Crippen molar-refractivity contribution in [1.82, 2.24) is 19.7 Å². The zero-order chi connectivity index (χ0) is 29.5. The summed E-state index contributed by atoms with van der Waals surface area (Å²) >= 11 is 0. The number of alkyl halides is 3. The monoisotopic (exact) mass is 568 g/mol. The maximum absolute atomic E-state index is 13.1. The molecular formula is C27H35F3N4O6. The third-order valence-corrected chi connectivity index (χ3v) is 6.63. The van der Waals surface area contributed by atoms with Crippen LogP contribution in [0.3, 0.4) is 0 Å². The number of hydrogen-bond donors (Lipinski definition) is 1. The Bertz CT molecular complexity index is 1310. The van der Waals surface area contributed by atoms with E-state index < -0.39 is 48.0 Å². The van der Waals surface area contributed by atoms with Gasteiger partial charge in [-0.1, -0.05) is 25.0 Å². The van der Waals surface area contributed by atoms with Gasteiger partial charge in [-0.3, -0.25) is 14.9 Å². The molecule has 0 atom stereocenters. The molecule has 0 spiro atoms. The summed E-state index contributed by atoms with van der Waals surface area (Å²) in [6.45, 7) is 3.72. The molecule has 0 amide bonds. The van der Waals surface area contributed by atoms with E-state index in [4.69, 9.17) is 9.47 Å². The Morgan fingerprint density at radius 3 is 2.50 bits per heavy atom. The number of rotatable bonds is 13. The fourth-order valence-corrected chi connectivity index (χ4v) is 4.54. The van der Waals surface area contributed by atoms with Gasteiger partial charge < -0.3 is 9.47 Å². The number of Topliss-reactive ketones (excluding diaryl/α,β-unsaturated/α-hetero) is 1. The highest BCUT2D eigenvalue weighted by atomic mass is 19.4. The van der Waals surface area contributed by atoms with Gasteiger partial charge in [-0.2, -0.15) is 18.3 Å². The summed E-state index contributed by atoms with van der Waals surface area (Å²) in [7, 11) is 0. The molecule has 40 heavy (non-hydrogen) atoms. The lowest BCUT2D eigenvalue weighted by atomic mass is 10.1. The minimum Gasteiger partial charge on any atom is -0.476 e. The number of nitrogens with zero attached hydrogens (tertiary/aromatic N) is 3. The van der Waals surface area contributed by atoms with E-state index in [2.05, 4.69) is 10.4 Å². The molecule has 1 aromatic carbocycles. The number of ether oxygens (including phenoxy) is 2. The molecule has 1 N–H and O–H groups in total. The molecule has 0 aliphatic heterocycles. The predicted octanol–water partition coefficient (Wildman–Crippen LogP) is 3.09. The van der Waals surface area contributed by atoms with Crippen molar-refractivity contribution in [2.75, 3.05) is 13.2 Å². The molecular weight excluding hydrogens is 533 g/mol. The van der Waals surface area contributed by atoms with Gasteiger partial charge in [-0.05, 0) is 64.2 Å². The van der Waals surface area contributed by atoms with Crippen LogP contribution in [0.5, 0.6) is 5.75 Å². The van der Waals surface area contributed by atoms with Crippen LogP contribution in [0.25, 0.3) is 0 Å². The van der Waals surface area contributed by atoms with Gasteiger partial charge >= 0.3 is 17.8 Å². The Morgan fingerprint density at radius 1 is 1.15 bits per heavy atom. The summed E-state index contributed by atoms with van der Waals surface area (Å²) in [5, 5.41) is 6.61. The fraction of sp³-hybridized carbons (Fsp3) is 0.593. The number of hydrogen-bond acceptors (Lipinski definition) is 8. The zero-order valence-corrected chi connectivity index (χ0v) is 22.9. The van der Waals surface area contributed by atoms with E-state index in [0.717, 1.165) is 40.5 Å². The number of carbonyl (C=O) groups is 2. The lowest BCUT2D eigenvalue weighted by Crippen LogP contribution is -2.47. The van der Waals surface area contributed by atoms with Crippen molar-refractivity contribution in [2.24, 2.45) is 0 Å². The molecule has 13 heteroatoms. The summed E-state index contributed by atoms with van der Waals surface area (Å²) < 4.78 is 50.5. The van der Waals surface area contributed by atoms with Crippen LogP contribution in [0.4, 0.5) is 13.2 Å². The first-order valence-electron chi connectivity index (χ1n) is 13.3. The third kappa shape index (κ3) is 8.03. The molecule has 1 aliphatic carbocycles. The van der Waals surface area contributed by atoms with Crippen molar-refractivity contribution in [3.05, 3.63) is 56.4 Å². The van der Waals surface area contributed by atoms with Gasteiger partial charge in [0.25, 0.3) is 5.56 Å². The first-order chi connectivity index (χ1) is 18.8. The van der Waals surface area contributed by atoms with Crippen LogP contribution in [0.2, 0.25) is 0 Å². The van der Waals surface area contributed by atoms with Crippen LogP contribution in [0.15, 0.2) is 33.9 Å². The van der Waals surface area contributed by atoms with Crippen molar-refractivity contribution >= 4 is 11.8 Å². The van der Waals surface area contributed by atoms with E-state index in [-0.39, 0.29) is 24.8 Å². The van der Waals surface area contributed by atoms with Gasteiger partial charge in [0.2, 0.25) is 5.78 Å². The summed E-state index contributed by atoms with van der Waals surface area (Å²) in [4.78, 5) is 49.4. The quantitative estimate of drug-likeness (QED) is 0.366. The largest absolute Gasteiger partial charge is 0.476 e. The number of halogens is 3. The van der Waals surface area contributed by atoms with Crippen LogP contribution >= 0.6 is 0 Å². The normalized spacial score (nSPS) is 14.3. The van der Waals surface area contributed by atoms with Crippen molar-refractivity contribution in [3.8, 4) is 5.75 Å². The Balaban J connectivity index is 1.74. The van der Waals surface area contributed by atoms with E-state index in [9.17, 15) is 32.3 Å². The van der Waals surface area contributed by atoms with E-state index in [1.54, 1.807) is 39.0 Å². The van der Waals surface area contributed by atoms with Crippen LogP contribution in [0, 0.1) is 0 Å². The van der Waals surface area contributed by atoms with E-state index in [1.165, 1.54) is 0 Å². The summed E-state index contributed by atoms with van der Waals surface area (Å²) in [6.07, 6.45) is -0.752. The Kier molecular flexibility index (Phi) is 10.3. The molecule has 1 heterocycles. The lowest BCUT2D eigenvalue weighted by Gasteiger charge is -2.24. The second-order valence-corrected chi connectivity index (χ2v) is 10.2. The molecule has 1 aromatic heterocycles. The molecule has 220 valence electrons. The summed E-state index contributed by atoms with van der Waals surface area (Å²) in [5.41, 5.74) is -1.53. The molecule has 1 aliphatic rings. The minimum atomic E-state index is -5.01. The van der Waals surface area contributed by atoms with Gasteiger partial charge in [0, 0.05) is 12.5 Å². The lowest BCUT2D eigenvalue weighted by molar-refractivity contribution is -0.170. The molecule has 0 unspecified atom stereocenters. The van der Waals surface area contributed by atoms with E-state index >= 15 is 0 Å². The smallest absolute Gasteiger partial charge is 0.451 e. The van der Waals surface area contributed by atoms with Gasteiger partial charge in [0.15, 0.2) is 5.60 Å². The summed E-state index contributed by atoms with van der Waals surface area (Å²) in [5.74, 6) is -2.15. The summed E-state index contributed by atoms with van der Waals surface area (Å²) in [6, 6.07) is 7.15. The zero-order valence-electron chi connectivity index (χ0n) is 22.9. The van der Waals surface area contributed by atoms with Crippen molar-refractivity contribution in [1.29, 1.82) is 0 Å². The number of aryl methyl sites for hydroxylation is 2. The fourth-order valence-electron chi connectivity index (χ4n) is 4.54. The van der Waals surface area contributed by atoms with Gasteiger partial charge in [0.05, 0.1) is 19.8 Å². The second kappa shape index (κ2) is 13.2. The molecule has 0 saturated heterocycles. The molecule has 2 aromatic rings. The van der Waals surface area contributed by atoms with Crippen LogP contribution < -0.4 is 21.3 Å². The van der Waals surface area contributed by atoms with Gasteiger partial charge in [0.1, 0.15) is 11.4 Å². The maximum atomic E-state index is 13.1. The highest BCUT2D eigenvalue weighted by molar-refractivity contribution is 5.85. The number of esters is 1. The van der Waals surface area contributed by atoms with Crippen LogP contribution in [0.1, 0.15) is 70.1 Å². The number of ketones is 1. The Morgan fingerprint density at radius 2 is 1.85 bits per heavy atom. The van der Waals surface area contributed by atoms with E-state index in [1.807, 2.05) is 6.07 Å². The van der Waals surface area contributed by atoms with Crippen LogP contribution in [-0.2, 0) is 34.0 Å². The number of aromatic nitrogens is 3. The third-order valence-electron chi connectivity index (χ3n) is 6.63. The van der Waals surface area contributed by atoms with Crippen molar-refractivity contribution in [2.45, 2.75) is 90.2 Å². The van der Waals surface area contributed by atoms with Crippen LogP contribution in [-0.4, -0.2) is 51.0 Å².